The lowest BCUT2D eigenvalue weighted by molar-refractivity contribution is -0.149. The Morgan fingerprint density at radius 2 is 2.16 bits per heavy atom. The smallest absolute Gasteiger partial charge is 0.310 e. The van der Waals surface area contributed by atoms with E-state index < -0.39 is 15.9 Å². The van der Waals surface area contributed by atoms with Gasteiger partial charge in [-0.15, -0.1) is 0 Å². The predicted molar refractivity (Wildman–Crippen MR) is 91.6 cm³/mol. The average Bonchev–Trinajstić information content (AvgIpc) is 2.89. The van der Waals surface area contributed by atoms with Gasteiger partial charge < -0.3 is 10.1 Å². The van der Waals surface area contributed by atoms with Crippen molar-refractivity contribution < 1.29 is 22.7 Å². The number of carbonyl (C=O) groups is 2. The molecule has 0 aromatic heterocycles. The third kappa shape index (κ3) is 3.28. The van der Waals surface area contributed by atoms with Crippen LogP contribution in [0.25, 0.3) is 0 Å². The molecule has 0 aliphatic carbocycles. The van der Waals surface area contributed by atoms with Gasteiger partial charge >= 0.3 is 5.97 Å². The molecule has 0 radical (unpaired) electrons. The van der Waals surface area contributed by atoms with Crippen LogP contribution in [0.1, 0.15) is 38.2 Å². The van der Waals surface area contributed by atoms with Crippen LogP contribution < -0.4 is 5.32 Å². The van der Waals surface area contributed by atoms with E-state index in [0.717, 1.165) is 0 Å². The largest absolute Gasteiger partial charge is 0.466 e. The van der Waals surface area contributed by atoms with E-state index in [2.05, 4.69) is 5.32 Å². The van der Waals surface area contributed by atoms with E-state index in [4.69, 9.17) is 4.74 Å². The van der Waals surface area contributed by atoms with Crippen molar-refractivity contribution in [1.82, 2.24) is 4.31 Å². The van der Waals surface area contributed by atoms with Crippen molar-refractivity contribution in [2.75, 3.05) is 25.0 Å². The van der Waals surface area contributed by atoms with Gasteiger partial charge in [0, 0.05) is 18.8 Å². The molecule has 1 amide bonds. The lowest BCUT2D eigenvalue weighted by atomic mass is 10.0. The zero-order valence-electron chi connectivity index (χ0n) is 14.3. The quantitative estimate of drug-likeness (QED) is 0.819. The average molecular weight is 366 g/mol. The van der Waals surface area contributed by atoms with Crippen molar-refractivity contribution >= 4 is 27.6 Å². The van der Waals surface area contributed by atoms with E-state index in [1.807, 2.05) is 0 Å². The number of nitrogens with one attached hydrogen (secondary N) is 1. The summed E-state index contributed by atoms with van der Waals surface area (Å²) in [6.07, 6.45) is 1.24. The number of anilines is 1. The molecule has 1 aromatic carbocycles. The number of hydrogen-bond acceptors (Lipinski definition) is 5. The van der Waals surface area contributed by atoms with Crippen LogP contribution in [0.3, 0.4) is 0 Å². The number of hydrogen-bond donors (Lipinski definition) is 1. The number of piperidine rings is 1. The summed E-state index contributed by atoms with van der Waals surface area (Å²) in [6, 6.07) is 4.68. The third-order valence-corrected chi connectivity index (χ3v) is 6.64. The van der Waals surface area contributed by atoms with Gasteiger partial charge in [0.1, 0.15) is 0 Å². The van der Waals surface area contributed by atoms with Crippen LogP contribution in [0.4, 0.5) is 5.69 Å². The fourth-order valence-electron chi connectivity index (χ4n) is 3.32. The fourth-order valence-corrected chi connectivity index (χ4v) is 4.88. The number of sulfonamides is 1. The number of amides is 1. The number of fused-ring (bicyclic) bond motifs is 1. The third-order valence-electron chi connectivity index (χ3n) is 4.78. The Kier molecular flexibility index (Phi) is 4.83. The van der Waals surface area contributed by atoms with Gasteiger partial charge in [-0.2, -0.15) is 4.31 Å². The molecule has 1 fully saturated rings. The molecule has 2 aliphatic heterocycles. The summed E-state index contributed by atoms with van der Waals surface area (Å²) in [5.41, 5.74) is 1.34. The van der Waals surface area contributed by atoms with E-state index in [1.165, 1.54) is 10.4 Å². The first kappa shape index (κ1) is 17.9. The first-order valence-electron chi connectivity index (χ1n) is 8.46. The van der Waals surface area contributed by atoms with Gasteiger partial charge in [-0.1, -0.05) is 0 Å². The van der Waals surface area contributed by atoms with Crippen molar-refractivity contribution in [3.05, 3.63) is 23.8 Å². The van der Waals surface area contributed by atoms with Crippen LogP contribution in [-0.2, 0) is 24.3 Å². The highest BCUT2D eigenvalue weighted by atomic mass is 32.2. The van der Waals surface area contributed by atoms with Crippen LogP contribution in [0, 0.1) is 5.92 Å². The zero-order chi connectivity index (χ0) is 18.2. The molecule has 1 saturated heterocycles. The monoisotopic (exact) mass is 366 g/mol. The maximum atomic E-state index is 13.0. The lowest BCUT2D eigenvalue weighted by Gasteiger charge is -2.30. The molecule has 0 bridgehead atoms. The number of rotatable bonds is 4. The lowest BCUT2D eigenvalue weighted by Crippen LogP contribution is -2.42. The summed E-state index contributed by atoms with van der Waals surface area (Å²) < 4.78 is 32.3. The second kappa shape index (κ2) is 6.76. The maximum absolute atomic E-state index is 13.0. The Balaban J connectivity index is 1.85. The Labute approximate surface area is 147 Å². The molecular formula is C17H22N2O5S. The van der Waals surface area contributed by atoms with Gasteiger partial charge in [-0.3, -0.25) is 9.59 Å². The molecule has 0 spiro atoms. The van der Waals surface area contributed by atoms with Crippen molar-refractivity contribution in [3.8, 4) is 0 Å². The normalized spacial score (nSPS) is 23.8. The van der Waals surface area contributed by atoms with Gasteiger partial charge in [0.25, 0.3) is 0 Å². The van der Waals surface area contributed by atoms with E-state index in [0.29, 0.717) is 30.6 Å². The van der Waals surface area contributed by atoms with Crippen LogP contribution in [-0.4, -0.2) is 44.3 Å². The topological polar surface area (TPSA) is 92.8 Å². The van der Waals surface area contributed by atoms with E-state index >= 15 is 0 Å². The minimum atomic E-state index is -3.72. The first-order chi connectivity index (χ1) is 11.8. The molecule has 136 valence electrons. The fraction of sp³-hybridized carbons (Fsp3) is 0.529. The summed E-state index contributed by atoms with van der Waals surface area (Å²) in [7, 11) is -3.72. The molecule has 0 saturated carbocycles. The summed E-state index contributed by atoms with van der Waals surface area (Å²) >= 11 is 0. The zero-order valence-corrected chi connectivity index (χ0v) is 15.1. The molecule has 1 aromatic rings. The van der Waals surface area contributed by atoms with Gasteiger partial charge in [-0.25, -0.2) is 8.42 Å². The molecule has 2 atom stereocenters. The minimum absolute atomic E-state index is 0.130. The Bertz CT molecular complexity index is 805. The molecular weight excluding hydrogens is 344 g/mol. The number of nitrogens with zero attached hydrogens (tertiary/aromatic N) is 1. The van der Waals surface area contributed by atoms with E-state index in [1.54, 1.807) is 26.0 Å². The van der Waals surface area contributed by atoms with Crippen LogP contribution in [0.5, 0.6) is 0 Å². The summed E-state index contributed by atoms with van der Waals surface area (Å²) in [5, 5.41) is 2.73. The molecule has 0 unspecified atom stereocenters. The Morgan fingerprint density at radius 1 is 1.40 bits per heavy atom. The van der Waals surface area contributed by atoms with Crippen molar-refractivity contribution in [2.24, 2.45) is 5.92 Å². The van der Waals surface area contributed by atoms with Gasteiger partial charge in [0.05, 0.1) is 23.3 Å². The number of esters is 1. The summed E-state index contributed by atoms with van der Waals surface area (Å²) in [4.78, 5) is 23.9. The number of benzene rings is 1. The summed E-state index contributed by atoms with van der Waals surface area (Å²) in [6.45, 7) is 4.27. The van der Waals surface area contributed by atoms with Crippen molar-refractivity contribution in [1.29, 1.82) is 0 Å². The van der Waals surface area contributed by atoms with Crippen LogP contribution in [0.2, 0.25) is 0 Å². The standard InChI is InChI=1S/C17H22N2O5S/c1-3-24-17(21)12-5-4-8-19(10-12)25(22,23)13-6-7-15-14(9-13)11(2)16(20)18-15/h6-7,9,11-12H,3-5,8,10H2,1-2H3,(H,18,20)/t11-,12-/m0/s1. The highest BCUT2D eigenvalue weighted by Crippen LogP contribution is 2.35. The SMILES string of the molecule is CCOC(=O)[C@H]1CCCN(S(=O)(=O)c2ccc3c(c2)[C@H](C)C(=O)N3)C1. The first-order valence-corrected chi connectivity index (χ1v) is 9.90. The van der Waals surface area contributed by atoms with E-state index in [-0.39, 0.29) is 35.8 Å². The Morgan fingerprint density at radius 3 is 2.88 bits per heavy atom. The van der Waals surface area contributed by atoms with Gasteiger partial charge in [0.15, 0.2) is 0 Å². The van der Waals surface area contributed by atoms with Crippen molar-refractivity contribution in [2.45, 2.75) is 37.5 Å². The molecule has 2 aliphatic rings. The molecule has 1 N–H and O–H groups in total. The molecule has 25 heavy (non-hydrogen) atoms. The van der Waals surface area contributed by atoms with Crippen molar-refractivity contribution in [3.63, 3.8) is 0 Å². The van der Waals surface area contributed by atoms with Gasteiger partial charge in [0.2, 0.25) is 15.9 Å². The van der Waals surface area contributed by atoms with Gasteiger partial charge in [-0.05, 0) is 50.5 Å². The van der Waals surface area contributed by atoms with Crippen LogP contribution in [0.15, 0.2) is 23.1 Å². The van der Waals surface area contributed by atoms with Crippen LogP contribution >= 0.6 is 0 Å². The number of carbonyl (C=O) groups excluding carboxylic acids is 2. The molecule has 8 heteroatoms. The predicted octanol–water partition coefficient (Wildman–Crippen LogP) is 1.71. The number of ether oxygens (including phenoxy) is 1. The second-order valence-electron chi connectivity index (χ2n) is 6.41. The highest BCUT2D eigenvalue weighted by molar-refractivity contribution is 7.89. The molecule has 2 heterocycles. The minimum Gasteiger partial charge on any atom is -0.466 e. The maximum Gasteiger partial charge on any atom is 0.310 e. The highest BCUT2D eigenvalue weighted by Gasteiger charge is 2.35. The molecule has 3 rings (SSSR count). The molecule has 7 nitrogen and oxygen atoms in total. The second-order valence-corrected chi connectivity index (χ2v) is 8.35. The Hall–Kier alpha value is -1.93. The summed E-state index contributed by atoms with van der Waals surface area (Å²) in [5.74, 6) is -1.29. The van der Waals surface area contributed by atoms with E-state index in [9.17, 15) is 18.0 Å².